The van der Waals surface area contributed by atoms with Crippen molar-refractivity contribution in [3.05, 3.63) is 52.3 Å². The molecule has 1 aromatic heterocycles. The largest absolute Gasteiger partial charge is 0.359 e. The van der Waals surface area contributed by atoms with Gasteiger partial charge in [0.1, 0.15) is 0 Å². The van der Waals surface area contributed by atoms with Gasteiger partial charge in [-0.3, -0.25) is 9.59 Å². The fraction of sp³-hybridized carbons (Fsp3) is 0.481. The van der Waals surface area contributed by atoms with Crippen LogP contribution < -0.4 is 10.6 Å². The molecule has 0 fully saturated rings. The van der Waals surface area contributed by atoms with E-state index in [4.69, 9.17) is 0 Å². The van der Waals surface area contributed by atoms with Crippen LogP contribution in [0.2, 0.25) is 0 Å². The number of para-hydroxylation sites is 1. The summed E-state index contributed by atoms with van der Waals surface area (Å²) in [7, 11) is 3.90. The van der Waals surface area contributed by atoms with Gasteiger partial charge in [-0.25, -0.2) is 0 Å². The summed E-state index contributed by atoms with van der Waals surface area (Å²) >= 11 is 0. The highest BCUT2D eigenvalue weighted by atomic mass is 16.2. The van der Waals surface area contributed by atoms with E-state index in [0.717, 1.165) is 47.7 Å². The lowest BCUT2D eigenvalue weighted by Gasteiger charge is -2.17. The maximum absolute atomic E-state index is 12.7. The van der Waals surface area contributed by atoms with Crippen molar-refractivity contribution in [1.82, 2.24) is 15.2 Å². The number of hydrogen-bond acceptors (Lipinski definition) is 3. The number of unbranched alkanes of at least 4 members (excludes halogenated alkanes) is 4. The molecular formula is C27H38N4O2. The van der Waals surface area contributed by atoms with Gasteiger partial charge in [0.25, 0.3) is 5.91 Å². The zero-order valence-corrected chi connectivity index (χ0v) is 20.5. The highest BCUT2D eigenvalue weighted by Gasteiger charge is 2.24. The fourth-order valence-corrected chi connectivity index (χ4v) is 4.49. The summed E-state index contributed by atoms with van der Waals surface area (Å²) in [6, 6.07) is 7.74. The number of nitrogens with one attached hydrogen (secondary N) is 3. The molecule has 1 aliphatic rings. The van der Waals surface area contributed by atoms with Gasteiger partial charge < -0.3 is 20.5 Å². The van der Waals surface area contributed by atoms with Gasteiger partial charge in [-0.05, 0) is 70.0 Å². The zero-order chi connectivity index (χ0) is 23.8. The quantitative estimate of drug-likeness (QED) is 0.324. The van der Waals surface area contributed by atoms with E-state index >= 15 is 0 Å². The van der Waals surface area contributed by atoms with E-state index < -0.39 is 0 Å². The van der Waals surface area contributed by atoms with Crippen LogP contribution in [-0.2, 0) is 16.0 Å². The third-order valence-corrected chi connectivity index (χ3v) is 6.57. The van der Waals surface area contributed by atoms with Crippen LogP contribution in [0.25, 0.3) is 11.6 Å². The number of carbonyl (C=O) groups excluding carboxylic acids is 2. The fourth-order valence-electron chi connectivity index (χ4n) is 4.49. The Morgan fingerprint density at radius 2 is 1.82 bits per heavy atom. The molecule has 178 valence electrons. The van der Waals surface area contributed by atoms with Gasteiger partial charge in [-0.15, -0.1) is 0 Å². The predicted molar refractivity (Wildman–Crippen MR) is 136 cm³/mol. The molecule has 0 atom stereocenters. The second-order valence-electron chi connectivity index (χ2n) is 9.01. The molecule has 2 aromatic rings. The van der Waals surface area contributed by atoms with Crippen molar-refractivity contribution >= 4 is 29.2 Å². The molecule has 0 bridgehead atoms. The Morgan fingerprint density at radius 3 is 2.61 bits per heavy atom. The van der Waals surface area contributed by atoms with Crippen LogP contribution in [0.3, 0.4) is 0 Å². The standard InChI is InChI=1S/C27H38N4O2/c1-19-21(14-15-26(32)31(4)17-11-7-5-6-10-16-28-3)20(2)29-25(19)18-23-22-12-8-9-13-24(22)30-27(23)33/h8-9,12-13,18,28-29H,5-7,10-11,14-17H2,1-4H3,(H,30,33)/b23-18-. The number of aryl methyl sites for hydroxylation is 1. The van der Waals surface area contributed by atoms with Gasteiger partial charge in [0, 0.05) is 42.7 Å². The average molecular weight is 451 g/mol. The van der Waals surface area contributed by atoms with E-state index in [9.17, 15) is 9.59 Å². The maximum atomic E-state index is 12.7. The SMILES string of the molecule is CNCCCCCCCN(C)C(=O)CCc1c(C)[nH]c(/C=C2\C(=O)Nc3ccccc32)c1C. The summed E-state index contributed by atoms with van der Waals surface area (Å²) in [6.45, 7) is 6.00. The Hall–Kier alpha value is -2.86. The number of amides is 2. The number of rotatable bonds is 12. The van der Waals surface area contributed by atoms with E-state index in [0.29, 0.717) is 18.4 Å². The van der Waals surface area contributed by atoms with Gasteiger partial charge in [0.2, 0.25) is 5.91 Å². The molecule has 0 aliphatic carbocycles. The summed E-state index contributed by atoms with van der Waals surface area (Å²) in [5.74, 6) is 0.109. The molecule has 1 aliphatic heterocycles. The molecule has 0 saturated heterocycles. The lowest BCUT2D eigenvalue weighted by Crippen LogP contribution is -2.28. The Morgan fingerprint density at radius 1 is 1.09 bits per heavy atom. The summed E-state index contributed by atoms with van der Waals surface area (Å²) in [4.78, 5) is 30.4. The van der Waals surface area contributed by atoms with Crippen LogP contribution in [-0.4, -0.2) is 48.9 Å². The van der Waals surface area contributed by atoms with Crippen molar-refractivity contribution in [1.29, 1.82) is 0 Å². The van der Waals surface area contributed by atoms with Crippen LogP contribution in [0.4, 0.5) is 5.69 Å². The third kappa shape index (κ3) is 6.35. The van der Waals surface area contributed by atoms with Gasteiger partial charge in [0.15, 0.2) is 0 Å². The lowest BCUT2D eigenvalue weighted by molar-refractivity contribution is -0.129. The Balaban J connectivity index is 1.54. The van der Waals surface area contributed by atoms with Crippen LogP contribution in [0.15, 0.2) is 24.3 Å². The highest BCUT2D eigenvalue weighted by molar-refractivity contribution is 6.34. The van der Waals surface area contributed by atoms with E-state index in [1.165, 1.54) is 31.2 Å². The van der Waals surface area contributed by atoms with Crippen LogP contribution >= 0.6 is 0 Å². The first-order valence-corrected chi connectivity index (χ1v) is 12.1. The van der Waals surface area contributed by atoms with Gasteiger partial charge >= 0.3 is 0 Å². The first-order chi connectivity index (χ1) is 15.9. The minimum absolute atomic E-state index is 0.0803. The Bertz CT molecular complexity index is 1010. The molecule has 6 nitrogen and oxygen atoms in total. The number of H-pyrrole nitrogens is 1. The molecule has 3 rings (SSSR count). The topological polar surface area (TPSA) is 77.2 Å². The number of aromatic nitrogens is 1. The molecule has 0 radical (unpaired) electrons. The summed E-state index contributed by atoms with van der Waals surface area (Å²) in [5.41, 5.74) is 6.71. The van der Waals surface area contributed by atoms with Crippen LogP contribution in [0, 0.1) is 13.8 Å². The van der Waals surface area contributed by atoms with Gasteiger partial charge in [0.05, 0.1) is 5.57 Å². The van der Waals surface area contributed by atoms with Crippen molar-refractivity contribution < 1.29 is 9.59 Å². The molecule has 3 N–H and O–H groups in total. The van der Waals surface area contributed by atoms with Gasteiger partial charge in [-0.1, -0.05) is 37.5 Å². The number of nitrogens with zero attached hydrogens (tertiary/aromatic N) is 1. The number of aromatic amines is 1. The third-order valence-electron chi connectivity index (χ3n) is 6.57. The van der Waals surface area contributed by atoms with Crippen LogP contribution in [0.5, 0.6) is 0 Å². The molecule has 0 spiro atoms. The molecule has 2 amide bonds. The number of carbonyl (C=O) groups is 2. The number of anilines is 1. The molecule has 6 heteroatoms. The molecule has 0 saturated carbocycles. The van der Waals surface area contributed by atoms with E-state index in [-0.39, 0.29) is 11.8 Å². The molecule has 1 aromatic carbocycles. The predicted octanol–water partition coefficient (Wildman–Crippen LogP) is 4.69. The Labute approximate surface area is 197 Å². The number of benzene rings is 1. The van der Waals surface area contributed by atoms with Crippen molar-refractivity contribution in [2.24, 2.45) is 0 Å². The zero-order valence-electron chi connectivity index (χ0n) is 20.5. The monoisotopic (exact) mass is 450 g/mol. The normalized spacial score (nSPS) is 13.9. The number of fused-ring (bicyclic) bond motifs is 1. The average Bonchev–Trinajstić information content (AvgIpc) is 3.26. The highest BCUT2D eigenvalue weighted by Crippen LogP contribution is 2.33. The maximum Gasteiger partial charge on any atom is 0.256 e. The van der Waals surface area contributed by atoms with Gasteiger partial charge in [-0.2, -0.15) is 0 Å². The minimum atomic E-state index is -0.0803. The van der Waals surface area contributed by atoms with Crippen LogP contribution in [0.1, 0.15) is 66.6 Å². The van der Waals surface area contributed by atoms with Crippen molar-refractivity contribution in [2.45, 2.75) is 58.8 Å². The Kier molecular flexibility index (Phi) is 8.89. The lowest BCUT2D eigenvalue weighted by atomic mass is 10.0. The molecule has 2 heterocycles. The molecule has 0 unspecified atom stereocenters. The van der Waals surface area contributed by atoms with Crippen molar-refractivity contribution in [3.63, 3.8) is 0 Å². The molecular weight excluding hydrogens is 412 g/mol. The smallest absolute Gasteiger partial charge is 0.256 e. The van der Waals surface area contributed by atoms with E-state index in [1.54, 1.807) is 0 Å². The van der Waals surface area contributed by atoms with Crippen molar-refractivity contribution in [2.75, 3.05) is 32.5 Å². The van der Waals surface area contributed by atoms with E-state index in [2.05, 4.69) is 22.5 Å². The molecule has 33 heavy (non-hydrogen) atoms. The van der Waals surface area contributed by atoms with E-state index in [1.807, 2.05) is 56.3 Å². The first-order valence-electron chi connectivity index (χ1n) is 12.1. The van der Waals surface area contributed by atoms with Crippen molar-refractivity contribution in [3.8, 4) is 0 Å². The second kappa shape index (κ2) is 11.8. The number of hydrogen-bond donors (Lipinski definition) is 3. The first kappa shape index (κ1) is 24.8. The summed E-state index contributed by atoms with van der Waals surface area (Å²) in [5, 5.41) is 6.10. The minimum Gasteiger partial charge on any atom is -0.359 e. The summed E-state index contributed by atoms with van der Waals surface area (Å²) in [6.07, 6.45) is 9.05. The second-order valence-corrected chi connectivity index (χ2v) is 9.01. The summed E-state index contributed by atoms with van der Waals surface area (Å²) < 4.78 is 0.